The van der Waals surface area contributed by atoms with Gasteiger partial charge in [-0.05, 0) is 75.7 Å². The van der Waals surface area contributed by atoms with Gasteiger partial charge in [-0.25, -0.2) is 18.4 Å². The summed E-state index contributed by atoms with van der Waals surface area (Å²) in [6, 6.07) is 13.0. The van der Waals surface area contributed by atoms with E-state index in [2.05, 4.69) is 19.7 Å². The monoisotopic (exact) mass is 479 g/mol. The number of anilines is 1. The summed E-state index contributed by atoms with van der Waals surface area (Å²) >= 11 is 0. The van der Waals surface area contributed by atoms with E-state index in [9.17, 15) is 8.42 Å². The largest absolute Gasteiger partial charge is 0.496 e. The van der Waals surface area contributed by atoms with E-state index in [1.807, 2.05) is 18.4 Å². The molecular weight excluding hydrogens is 454 g/mol. The van der Waals surface area contributed by atoms with E-state index in [0.717, 1.165) is 17.0 Å². The van der Waals surface area contributed by atoms with E-state index >= 15 is 0 Å². The number of hydrogen-bond acceptors (Lipinski definition) is 7. The predicted octanol–water partition coefficient (Wildman–Crippen LogP) is 4.50. The maximum Gasteiger partial charge on any atom is 0.261 e. The summed E-state index contributed by atoms with van der Waals surface area (Å²) in [7, 11) is -2.21. The van der Waals surface area contributed by atoms with Crippen molar-refractivity contribution in [3.05, 3.63) is 77.6 Å². The predicted molar refractivity (Wildman–Crippen MR) is 128 cm³/mol. The third-order valence-corrected chi connectivity index (χ3v) is 6.68. The Kier molecular flexibility index (Phi) is 6.25. The molecule has 4 aromatic rings. The molecule has 0 aliphatic rings. The van der Waals surface area contributed by atoms with Crippen molar-refractivity contribution in [2.75, 3.05) is 11.8 Å². The molecule has 0 fully saturated rings. The fourth-order valence-corrected chi connectivity index (χ4v) is 4.52. The summed E-state index contributed by atoms with van der Waals surface area (Å²) in [5.41, 5.74) is 3.04. The molecule has 9 nitrogen and oxygen atoms in total. The minimum Gasteiger partial charge on any atom is -0.496 e. The minimum absolute atomic E-state index is 0.153. The third-order valence-electron chi connectivity index (χ3n) is 5.31. The fraction of sp³-hybridized carbons (Fsp3) is 0.208. The van der Waals surface area contributed by atoms with Gasteiger partial charge < -0.3 is 9.47 Å². The van der Waals surface area contributed by atoms with Crippen molar-refractivity contribution in [3.63, 3.8) is 0 Å². The highest BCUT2D eigenvalue weighted by atomic mass is 32.2. The zero-order chi connectivity index (χ0) is 24.5. The number of aromatic nitrogens is 4. The Hall–Kier alpha value is -3.92. The van der Waals surface area contributed by atoms with Gasteiger partial charge in [-0.15, -0.1) is 0 Å². The first-order valence-corrected chi connectivity index (χ1v) is 12.0. The molecule has 10 heteroatoms. The average molecular weight is 480 g/mol. The summed E-state index contributed by atoms with van der Waals surface area (Å²) in [5.74, 6) is 2.71. The topological polar surface area (TPSA) is 108 Å². The first kappa shape index (κ1) is 23.2. The Morgan fingerprint density at radius 1 is 0.941 bits per heavy atom. The molecule has 2 aromatic heterocycles. The summed E-state index contributed by atoms with van der Waals surface area (Å²) in [6.07, 6.45) is 1.71. The van der Waals surface area contributed by atoms with E-state index in [1.54, 1.807) is 69.7 Å². The van der Waals surface area contributed by atoms with Gasteiger partial charge in [-0.2, -0.15) is 4.98 Å². The third kappa shape index (κ3) is 4.86. The molecule has 0 atom stereocenters. The van der Waals surface area contributed by atoms with Crippen LogP contribution in [0, 0.1) is 27.7 Å². The quantitative estimate of drug-likeness (QED) is 0.416. The lowest BCUT2D eigenvalue weighted by molar-refractivity contribution is 0.411. The number of aryl methyl sites for hydroxylation is 3. The van der Waals surface area contributed by atoms with Crippen molar-refractivity contribution in [3.8, 4) is 23.2 Å². The zero-order valence-corrected chi connectivity index (χ0v) is 20.3. The molecule has 4 rings (SSSR count). The van der Waals surface area contributed by atoms with Crippen LogP contribution in [-0.4, -0.2) is 35.0 Å². The van der Waals surface area contributed by atoms with Crippen molar-refractivity contribution in [2.24, 2.45) is 0 Å². The molecule has 1 N–H and O–H groups in total. The smallest absolute Gasteiger partial charge is 0.261 e. The molecule has 0 bridgehead atoms. The first-order chi connectivity index (χ1) is 16.2. The SMILES string of the molecule is COc1ccc(S(=O)(=O)Nc2ccc(Oc3cc(-n4cnc(C)c4C)nc(C)n3)cc2)cc1C. The van der Waals surface area contributed by atoms with Crippen LogP contribution in [0.25, 0.3) is 5.82 Å². The highest BCUT2D eigenvalue weighted by molar-refractivity contribution is 7.92. The van der Waals surface area contributed by atoms with Crippen molar-refractivity contribution in [1.29, 1.82) is 0 Å². The number of imidazole rings is 1. The Morgan fingerprint density at radius 2 is 1.68 bits per heavy atom. The van der Waals surface area contributed by atoms with Gasteiger partial charge in [0.1, 0.15) is 29.5 Å². The van der Waals surface area contributed by atoms with Crippen LogP contribution in [0.15, 0.2) is 59.8 Å². The molecule has 0 radical (unpaired) electrons. The number of sulfonamides is 1. The number of nitrogens with zero attached hydrogens (tertiary/aromatic N) is 4. The van der Waals surface area contributed by atoms with E-state index in [4.69, 9.17) is 9.47 Å². The summed E-state index contributed by atoms with van der Waals surface area (Å²) < 4.78 is 41.1. The van der Waals surface area contributed by atoms with Crippen LogP contribution in [0.5, 0.6) is 17.4 Å². The molecule has 34 heavy (non-hydrogen) atoms. The van der Waals surface area contributed by atoms with Crippen LogP contribution >= 0.6 is 0 Å². The lowest BCUT2D eigenvalue weighted by atomic mass is 10.2. The molecule has 0 aliphatic carbocycles. The van der Waals surface area contributed by atoms with Crippen LogP contribution < -0.4 is 14.2 Å². The number of rotatable bonds is 7. The molecular formula is C24H25N5O4S. The second-order valence-electron chi connectivity index (χ2n) is 7.76. The highest BCUT2D eigenvalue weighted by Crippen LogP contribution is 2.26. The van der Waals surface area contributed by atoms with Gasteiger partial charge in [0.05, 0.1) is 17.7 Å². The van der Waals surface area contributed by atoms with Crippen LogP contribution in [0.3, 0.4) is 0 Å². The molecule has 0 unspecified atom stereocenters. The summed E-state index contributed by atoms with van der Waals surface area (Å²) in [6.45, 7) is 7.48. The summed E-state index contributed by atoms with van der Waals surface area (Å²) in [4.78, 5) is 13.3. The van der Waals surface area contributed by atoms with E-state index < -0.39 is 10.0 Å². The number of methoxy groups -OCH3 is 1. The van der Waals surface area contributed by atoms with Crippen molar-refractivity contribution in [1.82, 2.24) is 19.5 Å². The minimum atomic E-state index is -3.75. The van der Waals surface area contributed by atoms with Gasteiger partial charge in [-0.1, -0.05) is 0 Å². The molecule has 0 spiro atoms. The number of hydrogen-bond donors (Lipinski definition) is 1. The fourth-order valence-electron chi connectivity index (χ4n) is 3.37. The lowest BCUT2D eigenvalue weighted by Crippen LogP contribution is -2.13. The van der Waals surface area contributed by atoms with E-state index in [-0.39, 0.29) is 4.90 Å². The van der Waals surface area contributed by atoms with E-state index in [0.29, 0.717) is 34.7 Å². The normalized spacial score (nSPS) is 11.3. The number of nitrogens with one attached hydrogen (secondary N) is 1. The molecule has 0 saturated carbocycles. The van der Waals surface area contributed by atoms with Crippen molar-refractivity contribution >= 4 is 15.7 Å². The van der Waals surface area contributed by atoms with Gasteiger partial charge >= 0.3 is 0 Å². The van der Waals surface area contributed by atoms with Crippen LogP contribution in [-0.2, 0) is 10.0 Å². The number of benzene rings is 2. The van der Waals surface area contributed by atoms with Gasteiger partial charge in [0.25, 0.3) is 10.0 Å². The molecule has 0 amide bonds. The van der Waals surface area contributed by atoms with Crippen molar-refractivity contribution < 1.29 is 17.9 Å². The lowest BCUT2D eigenvalue weighted by Gasteiger charge is -2.12. The highest BCUT2D eigenvalue weighted by Gasteiger charge is 2.16. The molecule has 176 valence electrons. The summed E-state index contributed by atoms with van der Waals surface area (Å²) in [5, 5.41) is 0. The Morgan fingerprint density at radius 3 is 2.29 bits per heavy atom. The Bertz CT molecular complexity index is 1450. The van der Waals surface area contributed by atoms with Gasteiger partial charge in [0.15, 0.2) is 0 Å². The molecule has 2 heterocycles. The number of ether oxygens (including phenoxy) is 2. The van der Waals surface area contributed by atoms with Crippen LogP contribution in [0.1, 0.15) is 22.8 Å². The molecule has 0 saturated heterocycles. The first-order valence-electron chi connectivity index (χ1n) is 10.5. The molecule has 2 aromatic carbocycles. The maximum atomic E-state index is 12.8. The van der Waals surface area contributed by atoms with Gasteiger partial charge in [0.2, 0.25) is 5.88 Å². The van der Waals surface area contributed by atoms with E-state index in [1.165, 1.54) is 6.07 Å². The second-order valence-corrected chi connectivity index (χ2v) is 9.44. The van der Waals surface area contributed by atoms with Gasteiger partial charge in [0, 0.05) is 17.4 Å². The second kappa shape index (κ2) is 9.14. The van der Waals surface area contributed by atoms with Crippen molar-refractivity contribution in [2.45, 2.75) is 32.6 Å². The standard InChI is InChI=1S/C24H25N5O4S/c1-15-12-21(10-11-22(15)32-5)34(30,31)28-19-6-8-20(9-7-19)33-24-13-23(26-18(4)27-24)29-14-25-16(2)17(29)3/h6-14,28H,1-5H3. The molecule has 0 aliphatic heterocycles. The van der Waals surface area contributed by atoms with Crippen LogP contribution in [0.4, 0.5) is 5.69 Å². The Balaban J connectivity index is 1.51. The van der Waals surface area contributed by atoms with Crippen LogP contribution in [0.2, 0.25) is 0 Å². The zero-order valence-electron chi connectivity index (χ0n) is 19.5. The van der Waals surface area contributed by atoms with Gasteiger partial charge in [-0.3, -0.25) is 9.29 Å². The average Bonchev–Trinajstić information content (AvgIpc) is 3.13. The maximum absolute atomic E-state index is 12.8. The Labute approximate surface area is 198 Å².